The number of fused-ring (bicyclic) bond motifs is 1. The molecule has 0 saturated carbocycles. The molecule has 1 heterocycles. The molecule has 110 valence electrons. The maximum atomic E-state index is 12.3. The number of nitrogens with one attached hydrogen (secondary N) is 2. The normalized spacial score (nSPS) is 10.6. The van der Waals surface area contributed by atoms with Crippen LogP contribution in [-0.4, -0.2) is 22.0 Å². The van der Waals surface area contributed by atoms with Crippen LogP contribution in [0.2, 0.25) is 0 Å². The van der Waals surface area contributed by atoms with Crippen LogP contribution in [0.15, 0.2) is 48.7 Å². The van der Waals surface area contributed by atoms with Crippen molar-refractivity contribution in [2.75, 3.05) is 5.32 Å². The first-order valence-electron chi connectivity index (χ1n) is 6.77. The lowest BCUT2D eigenvalue weighted by Gasteiger charge is -2.08. The molecule has 0 unspecified atom stereocenters. The van der Waals surface area contributed by atoms with Crippen molar-refractivity contribution < 1.29 is 14.7 Å². The van der Waals surface area contributed by atoms with E-state index in [1.54, 1.807) is 31.2 Å². The molecule has 0 bridgehead atoms. The standard InChI is InChI=1S/C17H14N2O3/c1-10-8-13(4-5-14(10)17(21)22)19-16(20)12-3-2-11-6-7-18-15(11)9-12/h2-9,18H,1H3,(H,19,20)(H,21,22). The number of hydrogen-bond acceptors (Lipinski definition) is 2. The van der Waals surface area contributed by atoms with E-state index in [2.05, 4.69) is 10.3 Å². The fraction of sp³-hybridized carbons (Fsp3) is 0.0588. The summed E-state index contributed by atoms with van der Waals surface area (Å²) >= 11 is 0. The third-order valence-electron chi connectivity index (χ3n) is 3.53. The summed E-state index contributed by atoms with van der Waals surface area (Å²) in [4.78, 5) is 26.3. The number of amides is 1. The van der Waals surface area contributed by atoms with Gasteiger partial charge in [0, 0.05) is 23.0 Å². The van der Waals surface area contributed by atoms with E-state index in [4.69, 9.17) is 5.11 Å². The van der Waals surface area contributed by atoms with Gasteiger partial charge in [-0.2, -0.15) is 0 Å². The molecule has 0 spiro atoms. The number of rotatable bonds is 3. The third-order valence-corrected chi connectivity index (χ3v) is 3.53. The molecule has 0 aliphatic rings. The number of carboxylic acids is 1. The largest absolute Gasteiger partial charge is 0.478 e. The van der Waals surface area contributed by atoms with Crippen molar-refractivity contribution in [2.45, 2.75) is 6.92 Å². The quantitative estimate of drug-likeness (QED) is 0.692. The van der Waals surface area contributed by atoms with Gasteiger partial charge in [-0.3, -0.25) is 4.79 Å². The summed E-state index contributed by atoms with van der Waals surface area (Å²) in [6.45, 7) is 1.70. The van der Waals surface area contributed by atoms with Crippen LogP contribution in [0.25, 0.3) is 10.9 Å². The predicted molar refractivity (Wildman–Crippen MR) is 84.4 cm³/mol. The number of hydrogen-bond donors (Lipinski definition) is 3. The van der Waals surface area contributed by atoms with Gasteiger partial charge < -0.3 is 15.4 Å². The number of anilines is 1. The van der Waals surface area contributed by atoms with Gasteiger partial charge in [0.25, 0.3) is 5.91 Å². The average Bonchev–Trinajstić information content (AvgIpc) is 2.94. The highest BCUT2D eigenvalue weighted by Crippen LogP contribution is 2.18. The topological polar surface area (TPSA) is 82.2 Å². The number of benzene rings is 2. The van der Waals surface area contributed by atoms with Gasteiger partial charge in [-0.25, -0.2) is 4.79 Å². The summed E-state index contributed by atoms with van der Waals surface area (Å²) in [7, 11) is 0. The molecule has 22 heavy (non-hydrogen) atoms. The summed E-state index contributed by atoms with van der Waals surface area (Å²) in [5, 5.41) is 12.8. The Morgan fingerprint density at radius 1 is 1.09 bits per heavy atom. The Hall–Kier alpha value is -3.08. The van der Waals surface area contributed by atoms with E-state index in [1.165, 1.54) is 6.07 Å². The zero-order valence-electron chi connectivity index (χ0n) is 11.9. The number of carbonyl (C=O) groups is 2. The van der Waals surface area contributed by atoms with E-state index in [9.17, 15) is 9.59 Å². The predicted octanol–water partition coefficient (Wildman–Crippen LogP) is 3.43. The second kappa shape index (κ2) is 5.37. The molecule has 3 N–H and O–H groups in total. The molecule has 5 heteroatoms. The molecule has 0 aliphatic carbocycles. The smallest absolute Gasteiger partial charge is 0.335 e. The van der Waals surface area contributed by atoms with Crippen molar-refractivity contribution >= 4 is 28.5 Å². The van der Waals surface area contributed by atoms with Crippen LogP contribution in [0, 0.1) is 6.92 Å². The van der Waals surface area contributed by atoms with E-state index < -0.39 is 5.97 Å². The van der Waals surface area contributed by atoms with Gasteiger partial charge in [-0.15, -0.1) is 0 Å². The highest BCUT2D eigenvalue weighted by atomic mass is 16.4. The number of H-pyrrole nitrogens is 1. The van der Waals surface area contributed by atoms with Gasteiger partial charge >= 0.3 is 5.97 Å². The summed E-state index contributed by atoms with van der Waals surface area (Å²) in [5.74, 6) is -1.22. The van der Waals surface area contributed by atoms with Crippen LogP contribution >= 0.6 is 0 Å². The Morgan fingerprint density at radius 2 is 1.91 bits per heavy atom. The summed E-state index contributed by atoms with van der Waals surface area (Å²) in [5.41, 5.74) is 2.83. The van der Waals surface area contributed by atoms with Crippen LogP contribution in [0.1, 0.15) is 26.3 Å². The van der Waals surface area contributed by atoms with E-state index in [-0.39, 0.29) is 11.5 Å². The van der Waals surface area contributed by atoms with Crippen molar-refractivity contribution in [2.24, 2.45) is 0 Å². The Kier molecular flexibility index (Phi) is 3.39. The fourth-order valence-corrected chi connectivity index (χ4v) is 2.37. The second-order valence-corrected chi connectivity index (χ2v) is 5.07. The zero-order valence-corrected chi connectivity index (χ0v) is 11.9. The molecule has 0 radical (unpaired) electrons. The summed E-state index contributed by atoms with van der Waals surface area (Å²) in [6.07, 6.45) is 1.82. The number of carbonyl (C=O) groups excluding carboxylic acids is 1. The minimum atomic E-state index is -0.979. The Labute approximate surface area is 126 Å². The van der Waals surface area contributed by atoms with Crippen molar-refractivity contribution in [3.8, 4) is 0 Å². The van der Waals surface area contributed by atoms with Crippen molar-refractivity contribution in [3.63, 3.8) is 0 Å². The lowest BCUT2D eigenvalue weighted by atomic mass is 10.1. The Bertz CT molecular complexity index is 880. The molecular weight excluding hydrogens is 280 g/mol. The second-order valence-electron chi connectivity index (χ2n) is 5.07. The first-order valence-corrected chi connectivity index (χ1v) is 6.77. The van der Waals surface area contributed by atoms with Gasteiger partial charge in [-0.05, 0) is 54.3 Å². The van der Waals surface area contributed by atoms with Gasteiger partial charge in [0.05, 0.1) is 5.56 Å². The molecule has 5 nitrogen and oxygen atoms in total. The van der Waals surface area contributed by atoms with Crippen molar-refractivity contribution in [1.82, 2.24) is 4.98 Å². The lowest BCUT2D eigenvalue weighted by molar-refractivity contribution is 0.0696. The van der Waals surface area contributed by atoms with Crippen LogP contribution in [0.4, 0.5) is 5.69 Å². The maximum absolute atomic E-state index is 12.3. The van der Waals surface area contributed by atoms with E-state index in [0.717, 1.165) is 10.9 Å². The highest BCUT2D eigenvalue weighted by Gasteiger charge is 2.10. The summed E-state index contributed by atoms with van der Waals surface area (Å²) in [6, 6.07) is 12.1. The number of aromatic nitrogens is 1. The number of carboxylic acid groups (broad SMARTS) is 1. The third kappa shape index (κ3) is 2.56. The average molecular weight is 294 g/mol. The Balaban J connectivity index is 1.84. The molecule has 3 rings (SSSR count). The number of aromatic carboxylic acids is 1. The molecule has 0 saturated heterocycles. The Morgan fingerprint density at radius 3 is 2.64 bits per heavy atom. The van der Waals surface area contributed by atoms with E-state index in [1.807, 2.05) is 18.3 Å². The molecule has 0 aliphatic heterocycles. The zero-order chi connectivity index (χ0) is 15.7. The van der Waals surface area contributed by atoms with Gasteiger partial charge in [-0.1, -0.05) is 6.07 Å². The van der Waals surface area contributed by atoms with Crippen LogP contribution in [0.5, 0.6) is 0 Å². The fourth-order valence-electron chi connectivity index (χ4n) is 2.37. The molecule has 0 atom stereocenters. The first-order chi connectivity index (χ1) is 10.5. The minimum absolute atomic E-state index is 0.228. The minimum Gasteiger partial charge on any atom is -0.478 e. The molecule has 2 aromatic carbocycles. The number of aromatic amines is 1. The molecule has 1 amide bonds. The van der Waals surface area contributed by atoms with Crippen LogP contribution < -0.4 is 5.32 Å². The van der Waals surface area contributed by atoms with Gasteiger partial charge in [0.15, 0.2) is 0 Å². The van der Waals surface area contributed by atoms with Crippen molar-refractivity contribution in [3.05, 3.63) is 65.4 Å². The van der Waals surface area contributed by atoms with E-state index in [0.29, 0.717) is 16.8 Å². The van der Waals surface area contributed by atoms with Crippen LogP contribution in [0.3, 0.4) is 0 Å². The number of aryl methyl sites for hydroxylation is 1. The SMILES string of the molecule is Cc1cc(NC(=O)c2ccc3cc[nH]c3c2)ccc1C(=O)O. The van der Waals surface area contributed by atoms with Gasteiger partial charge in [0.2, 0.25) is 0 Å². The molecule has 1 aromatic heterocycles. The first kappa shape index (κ1) is 13.9. The van der Waals surface area contributed by atoms with Gasteiger partial charge in [0.1, 0.15) is 0 Å². The lowest BCUT2D eigenvalue weighted by Crippen LogP contribution is -2.12. The monoisotopic (exact) mass is 294 g/mol. The van der Waals surface area contributed by atoms with Crippen LogP contribution in [-0.2, 0) is 0 Å². The summed E-state index contributed by atoms with van der Waals surface area (Å²) < 4.78 is 0. The molecule has 0 fully saturated rings. The maximum Gasteiger partial charge on any atom is 0.335 e. The van der Waals surface area contributed by atoms with Crippen molar-refractivity contribution in [1.29, 1.82) is 0 Å². The van der Waals surface area contributed by atoms with E-state index >= 15 is 0 Å². The molecule has 3 aromatic rings. The highest BCUT2D eigenvalue weighted by molar-refractivity contribution is 6.06. The molecular formula is C17H14N2O3.